The molecule has 0 radical (unpaired) electrons. The van der Waals surface area contributed by atoms with E-state index in [0.29, 0.717) is 12.8 Å². The number of amides is 1. The molecule has 1 amide bonds. The Kier molecular flexibility index (Phi) is 5.99. The molecule has 1 aromatic carbocycles. The van der Waals surface area contributed by atoms with Crippen molar-refractivity contribution in [2.24, 2.45) is 0 Å². The number of benzene rings is 1. The zero-order chi connectivity index (χ0) is 18.6. The molecule has 1 fully saturated rings. The van der Waals surface area contributed by atoms with E-state index in [2.05, 4.69) is 0 Å². The predicted molar refractivity (Wildman–Crippen MR) is 92.2 cm³/mol. The van der Waals surface area contributed by atoms with Crippen LogP contribution in [0.5, 0.6) is 5.75 Å². The van der Waals surface area contributed by atoms with E-state index in [1.165, 1.54) is 18.2 Å². The third-order valence-corrected chi connectivity index (χ3v) is 6.12. The quantitative estimate of drug-likeness (QED) is 0.535. The van der Waals surface area contributed by atoms with Crippen LogP contribution in [0.1, 0.15) is 26.7 Å². The Morgan fingerprint density at radius 1 is 1.44 bits per heavy atom. The van der Waals surface area contributed by atoms with Gasteiger partial charge in [0.1, 0.15) is 0 Å². The minimum atomic E-state index is -3.12. The lowest BCUT2D eigenvalue weighted by molar-refractivity contribution is -0.385. The largest absolute Gasteiger partial charge is 0.477 e. The zero-order valence-electron chi connectivity index (χ0n) is 14.3. The molecule has 1 saturated heterocycles. The van der Waals surface area contributed by atoms with Crippen molar-refractivity contribution >= 4 is 21.4 Å². The number of hydrogen-bond donors (Lipinski definition) is 0. The van der Waals surface area contributed by atoms with Gasteiger partial charge in [-0.05, 0) is 25.8 Å². The molecule has 25 heavy (non-hydrogen) atoms. The first-order valence-electron chi connectivity index (χ1n) is 8.13. The molecular formula is C16H22N2O6S. The van der Waals surface area contributed by atoms with Crippen molar-refractivity contribution in [2.75, 3.05) is 18.1 Å². The van der Waals surface area contributed by atoms with Gasteiger partial charge in [-0.25, -0.2) is 8.42 Å². The van der Waals surface area contributed by atoms with E-state index in [-0.39, 0.29) is 47.5 Å². The topological polar surface area (TPSA) is 107 Å². The van der Waals surface area contributed by atoms with Gasteiger partial charge < -0.3 is 9.64 Å². The Bertz CT molecular complexity index is 749. The molecule has 0 bridgehead atoms. The van der Waals surface area contributed by atoms with Crippen molar-refractivity contribution in [1.29, 1.82) is 0 Å². The second-order valence-electron chi connectivity index (χ2n) is 6.13. The molecule has 0 aliphatic carbocycles. The molecule has 1 aliphatic rings. The van der Waals surface area contributed by atoms with Gasteiger partial charge in [-0.2, -0.15) is 0 Å². The lowest BCUT2D eigenvalue weighted by Gasteiger charge is -2.33. The van der Waals surface area contributed by atoms with E-state index >= 15 is 0 Å². The maximum Gasteiger partial charge on any atom is 0.310 e. The lowest BCUT2D eigenvalue weighted by Crippen LogP contribution is -2.48. The second-order valence-corrected chi connectivity index (χ2v) is 8.36. The van der Waals surface area contributed by atoms with Crippen LogP contribution in [0.4, 0.5) is 5.69 Å². The monoisotopic (exact) mass is 370 g/mol. The molecule has 0 spiro atoms. The highest BCUT2D eigenvalue weighted by atomic mass is 32.2. The Hall–Kier alpha value is -2.16. The average Bonchev–Trinajstić information content (AvgIpc) is 2.92. The number of nitro benzene ring substituents is 1. The summed E-state index contributed by atoms with van der Waals surface area (Å²) in [6.45, 7) is 3.40. The van der Waals surface area contributed by atoms with E-state index in [9.17, 15) is 23.3 Å². The molecule has 1 aliphatic heterocycles. The first-order valence-corrected chi connectivity index (χ1v) is 9.95. The van der Waals surface area contributed by atoms with Crippen molar-refractivity contribution in [3.05, 3.63) is 34.4 Å². The van der Waals surface area contributed by atoms with E-state index in [0.717, 1.165) is 0 Å². The minimum Gasteiger partial charge on any atom is -0.477 e. The summed E-state index contributed by atoms with van der Waals surface area (Å²) in [5.41, 5.74) is -0.214. The van der Waals surface area contributed by atoms with Crippen LogP contribution >= 0.6 is 0 Å². The number of nitrogens with zero attached hydrogens (tertiary/aromatic N) is 2. The van der Waals surface area contributed by atoms with Crippen LogP contribution in [0.3, 0.4) is 0 Å². The fraction of sp³-hybridized carbons (Fsp3) is 0.562. The van der Waals surface area contributed by atoms with Gasteiger partial charge in [-0.3, -0.25) is 14.9 Å². The van der Waals surface area contributed by atoms with Gasteiger partial charge in [0.05, 0.1) is 16.4 Å². The molecule has 0 aromatic heterocycles. The molecule has 9 heteroatoms. The SMILES string of the molecule is CCC(C)N(C(=O)COc1ccccc1[N+](=O)[O-])C1CCS(=O)(=O)C1. The Morgan fingerprint density at radius 3 is 2.68 bits per heavy atom. The molecule has 2 rings (SSSR count). The van der Waals surface area contributed by atoms with Crippen LogP contribution in [0.2, 0.25) is 0 Å². The summed E-state index contributed by atoms with van der Waals surface area (Å²) in [6, 6.07) is 5.32. The molecule has 2 unspecified atom stereocenters. The van der Waals surface area contributed by atoms with Gasteiger partial charge in [0.25, 0.3) is 5.91 Å². The maximum absolute atomic E-state index is 12.6. The number of carbonyl (C=O) groups excluding carboxylic acids is 1. The van der Waals surface area contributed by atoms with Gasteiger partial charge in [0.2, 0.25) is 0 Å². The predicted octanol–water partition coefficient (Wildman–Crippen LogP) is 1.79. The van der Waals surface area contributed by atoms with Crippen LogP contribution in [0.25, 0.3) is 0 Å². The molecule has 0 N–H and O–H groups in total. The summed E-state index contributed by atoms with van der Waals surface area (Å²) in [6.07, 6.45) is 1.08. The van der Waals surface area contributed by atoms with E-state index in [1.54, 1.807) is 11.0 Å². The molecule has 2 atom stereocenters. The molecule has 138 valence electrons. The van der Waals surface area contributed by atoms with Crippen LogP contribution in [-0.4, -0.2) is 54.3 Å². The van der Waals surface area contributed by atoms with Gasteiger partial charge in [-0.15, -0.1) is 0 Å². The van der Waals surface area contributed by atoms with Crippen molar-refractivity contribution in [3.8, 4) is 5.75 Å². The second kappa shape index (κ2) is 7.81. The highest BCUT2D eigenvalue weighted by molar-refractivity contribution is 7.91. The molecule has 1 heterocycles. The van der Waals surface area contributed by atoms with Gasteiger partial charge in [0.15, 0.2) is 22.2 Å². The van der Waals surface area contributed by atoms with Gasteiger partial charge in [0, 0.05) is 18.2 Å². The molecular weight excluding hydrogens is 348 g/mol. The van der Waals surface area contributed by atoms with Crippen molar-refractivity contribution < 1.29 is 22.9 Å². The first-order chi connectivity index (χ1) is 11.7. The van der Waals surface area contributed by atoms with Gasteiger partial charge >= 0.3 is 5.69 Å². The van der Waals surface area contributed by atoms with E-state index in [1.807, 2.05) is 13.8 Å². The van der Waals surface area contributed by atoms with Gasteiger partial charge in [-0.1, -0.05) is 19.1 Å². The lowest BCUT2D eigenvalue weighted by atomic mass is 10.1. The fourth-order valence-electron chi connectivity index (χ4n) is 2.94. The van der Waals surface area contributed by atoms with Crippen molar-refractivity contribution in [2.45, 2.75) is 38.8 Å². The van der Waals surface area contributed by atoms with Crippen LogP contribution in [0, 0.1) is 10.1 Å². The Labute approximate surface area is 146 Å². The average molecular weight is 370 g/mol. The summed E-state index contributed by atoms with van der Waals surface area (Å²) < 4.78 is 28.8. The standard InChI is InChI=1S/C16H22N2O6S/c1-3-12(2)17(13-8-9-25(22,23)11-13)16(19)10-24-15-7-5-4-6-14(15)18(20)21/h4-7,12-13H,3,8-11H2,1-2H3. The van der Waals surface area contributed by atoms with Crippen LogP contribution in [0.15, 0.2) is 24.3 Å². The summed E-state index contributed by atoms with van der Waals surface area (Å²) in [4.78, 5) is 24.6. The fourth-order valence-corrected chi connectivity index (χ4v) is 4.66. The first kappa shape index (κ1) is 19.2. The normalized spacial score (nSPS) is 20.0. The molecule has 8 nitrogen and oxygen atoms in total. The number of nitro groups is 1. The number of rotatable bonds is 7. The van der Waals surface area contributed by atoms with Crippen LogP contribution in [-0.2, 0) is 14.6 Å². The maximum atomic E-state index is 12.6. The van der Waals surface area contributed by atoms with Crippen molar-refractivity contribution in [1.82, 2.24) is 4.90 Å². The summed E-state index contributed by atoms with van der Waals surface area (Å²) >= 11 is 0. The smallest absolute Gasteiger partial charge is 0.310 e. The summed E-state index contributed by atoms with van der Waals surface area (Å²) in [7, 11) is -3.12. The molecule has 1 aromatic rings. The number of ether oxygens (including phenoxy) is 1. The summed E-state index contributed by atoms with van der Waals surface area (Å²) in [5, 5.41) is 11.0. The number of sulfone groups is 1. The highest BCUT2D eigenvalue weighted by Crippen LogP contribution is 2.26. The highest BCUT2D eigenvalue weighted by Gasteiger charge is 2.36. The summed E-state index contributed by atoms with van der Waals surface area (Å²) in [5.74, 6) is -0.323. The Morgan fingerprint density at radius 2 is 2.12 bits per heavy atom. The zero-order valence-corrected chi connectivity index (χ0v) is 15.1. The number of carbonyl (C=O) groups is 1. The Balaban J connectivity index is 2.12. The van der Waals surface area contributed by atoms with Crippen LogP contribution < -0.4 is 4.74 Å². The van der Waals surface area contributed by atoms with E-state index in [4.69, 9.17) is 4.74 Å². The number of para-hydroxylation sites is 2. The van der Waals surface area contributed by atoms with Crippen molar-refractivity contribution in [3.63, 3.8) is 0 Å². The van der Waals surface area contributed by atoms with E-state index < -0.39 is 14.8 Å². The molecule has 0 saturated carbocycles. The minimum absolute atomic E-state index is 0.0176. The third kappa shape index (κ3) is 4.68. The number of hydrogen-bond acceptors (Lipinski definition) is 6. The third-order valence-electron chi connectivity index (χ3n) is 4.37.